The molecule has 7 nitrogen and oxygen atoms in total. The Balaban J connectivity index is 1.66. The SMILES string of the molecule is CCCNC(=O)CN1CCN(C(=O)c2cc(=O)[nH]c3ccccc23)CC1. The van der Waals surface area contributed by atoms with E-state index in [1.807, 2.05) is 30.0 Å². The normalized spacial score (nSPS) is 15.2. The average Bonchev–Trinajstić information content (AvgIpc) is 2.65. The van der Waals surface area contributed by atoms with E-state index in [9.17, 15) is 14.4 Å². The van der Waals surface area contributed by atoms with Crippen molar-refractivity contribution >= 4 is 22.7 Å². The Morgan fingerprint density at radius 2 is 1.88 bits per heavy atom. The molecule has 138 valence electrons. The molecule has 2 aromatic rings. The van der Waals surface area contributed by atoms with Gasteiger partial charge in [-0.25, -0.2) is 0 Å². The molecule has 0 atom stereocenters. The van der Waals surface area contributed by atoms with Gasteiger partial charge in [-0.15, -0.1) is 0 Å². The number of carbonyl (C=O) groups is 2. The van der Waals surface area contributed by atoms with Crippen LogP contribution in [-0.2, 0) is 4.79 Å². The average molecular weight is 356 g/mol. The van der Waals surface area contributed by atoms with E-state index in [2.05, 4.69) is 10.3 Å². The first-order valence-corrected chi connectivity index (χ1v) is 8.99. The van der Waals surface area contributed by atoms with Gasteiger partial charge in [-0.2, -0.15) is 0 Å². The van der Waals surface area contributed by atoms with Crippen molar-refractivity contribution in [2.45, 2.75) is 13.3 Å². The van der Waals surface area contributed by atoms with Crippen molar-refractivity contribution in [1.29, 1.82) is 0 Å². The molecule has 1 fully saturated rings. The second-order valence-electron chi connectivity index (χ2n) is 6.51. The Morgan fingerprint density at radius 3 is 2.62 bits per heavy atom. The molecule has 7 heteroatoms. The molecule has 1 aliphatic heterocycles. The highest BCUT2D eigenvalue weighted by Gasteiger charge is 2.24. The van der Waals surface area contributed by atoms with Gasteiger partial charge in [0, 0.05) is 49.7 Å². The molecule has 0 aliphatic carbocycles. The van der Waals surface area contributed by atoms with Crippen LogP contribution >= 0.6 is 0 Å². The van der Waals surface area contributed by atoms with Gasteiger partial charge in [0.05, 0.1) is 12.1 Å². The first-order chi connectivity index (χ1) is 12.6. The Bertz CT molecular complexity index is 853. The molecular weight excluding hydrogens is 332 g/mol. The molecule has 2 heterocycles. The standard InChI is InChI=1S/C19H24N4O3/c1-2-7-20-18(25)13-22-8-10-23(11-9-22)19(26)15-12-17(24)21-16-6-4-3-5-14(15)16/h3-6,12H,2,7-11,13H2,1H3,(H,20,25)(H,21,24). The summed E-state index contributed by atoms with van der Waals surface area (Å²) in [5.74, 6) is -0.116. The van der Waals surface area contributed by atoms with Crippen LogP contribution in [0.1, 0.15) is 23.7 Å². The second kappa shape index (κ2) is 8.14. The minimum Gasteiger partial charge on any atom is -0.355 e. The van der Waals surface area contributed by atoms with Gasteiger partial charge in [0.15, 0.2) is 0 Å². The largest absolute Gasteiger partial charge is 0.355 e. The van der Waals surface area contributed by atoms with Crippen molar-refractivity contribution in [1.82, 2.24) is 20.1 Å². The lowest BCUT2D eigenvalue weighted by molar-refractivity contribution is -0.122. The quantitative estimate of drug-likeness (QED) is 0.830. The monoisotopic (exact) mass is 356 g/mol. The summed E-state index contributed by atoms with van der Waals surface area (Å²) in [7, 11) is 0. The topological polar surface area (TPSA) is 85.5 Å². The Morgan fingerprint density at radius 1 is 1.15 bits per heavy atom. The summed E-state index contributed by atoms with van der Waals surface area (Å²) in [6, 6.07) is 8.68. The fourth-order valence-corrected chi connectivity index (χ4v) is 3.18. The number of nitrogens with zero attached hydrogens (tertiary/aromatic N) is 2. The van der Waals surface area contributed by atoms with E-state index in [-0.39, 0.29) is 17.4 Å². The van der Waals surface area contributed by atoms with Gasteiger partial charge in [0.2, 0.25) is 11.5 Å². The summed E-state index contributed by atoms with van der Waals surface area (Å²) in [5, 5.41) is 3.62. The molecule has 0 radical (unpaired) electrons. The van der Waals surface area contributed by atoms with Gasteiger partial charge in [-0.05, 0) is 12.5 Å². The highest BCUT2D eigenvalue weighted by atomic mass is 16.2. The Hall–Kier alpha value is -2.67. The van der Waals surface area contributed by atoms with Gasteiger partial charge in [0.1, 0.15) is 0 Å². The lowest BCUT2D eigenvalue weighted by atomic mass is 10.1. The van der Waals surface area contributed by atoms with Gasteiger partial charge in [-0.3, -0.25) is 19.3 Å². The van der Waals surface area contributed by atoms with E-state index in [1.54, 1.807) is 11.0 Å². The van der Waals surface area contributed by atoms with E-state index in [1.165, 1.54) is 6.07 Å². The van der Waals surface area contributed by atoms with Crippen LogP contribution in [0.15, 0.2) is 35.1 Å². The Labute approximate surface area is 152 Å². The molecule has 1 aromatic heterocycles. The van der Waals surface area contributed by atoms with Crippen LogP contribution in [0.3, 0.4) is 0 Å². The smallest absolute Gasteiger partial charge is 0.254 e. The van der Waals surface area contributed by atoms with Crippen molar-refractivity contribution in [3.05, 3.63) is 46.2 Å². The molecule has 0 unspecified atom stereocenters. The van der Waals surface area contributed by atoms with Crippen molar-refractivity contribution in [3.63, 3.8) is 0 Å². The maximum atomic E-state index is 12.9. The number of aromatic amines is 1. The predicted octanol–water partition coefficient (Wildman–Crippen LogP) is 0.812. The zero-order valence-corrected chi connectivity index (χ0v) is 15.0. The first kappa shape index (κ1) is 18.1. The number of pyridine rings is 1. The summed E-state index contributed by atoms with van der Waals surface area (Å²) in [5.41, 5.74) is 0.811. The number of carbonyl (C=O) groups excluding carboxylic acids is 2. The summed E-state index contributed by atoms with van der Waals surface area (Å²) in [6.07, 6.45) is 0.915. The zero-order valence-electron chi connectivity index (χ0n) is 15.0. The van der Waals surface area contributed by atoms with E-state index in [4.69, 9.17) is 0 Å². The fraction of sp³-hybridized carbons (Fsp3) is 0.421. The van der Waals surface area contributed by atoms with Gasteiger partial charge < -0.3 is 15.2 Å². The molecule has 2 amide bonds. The summed E-state index contributed by atoms with van der Waals surface area (Å²) in [4.78, 5) is 43.2. The number of fused-ring (bicyclic) bond motifs is 1. The molecule has 3 rings (SSSR count). The second-order valence-corrected chi connectivity index (χ2v) is 6.51. The number of benzene rings is 1. The summed E-state index contributed by atoms with van der Waals surface area (Å²) >= 11 is 0. The van der Waals surface area contributed by atoms with Crippen molar-refractivity contribution < 1.29 is 9.59 Å². The van der Waals surface area contributed by atoms with E-state index in [0.717, 1.165) is 11.8 Å². The van der Waals surface area contributed by atoms with Crippen LogP contribution in [0.2, 0.25) is 0 Å². The summed E-state index contributed by atoms with van der Waals surface area (Å²) < 4.78 is 0. The van der Waals surface area contributed by atoms with Crippen LogP contribution in [0.5, 0.6) is 0 Å². The molecule has 0 bridgehead atoms. The van der Waals surface area contributed by atoms with Crippen LogP contribution in [0.25, 0.3) is 10.9 Å². The number of para-hydroxylation sites is 1. The van der Waals surface area contributed by atoms with Crippen LogP contribution < -0.4 is 10.9 Å². The van der Waals surface area contributed by atoms with Crippen molar-refractivity contribution in [2.24, 2.45) is 0 Å². The number of rotatable bonds is 5. The molecular formula is C19H24N4O3. The number of piperazine rings is 1. The van der Waals surface area contributed by atoms with Crippen LogP contribution in [-0.4, -0.2) is 65.9 Å². The number of nitrogens with one attached hydrogen (secondary N) is 2. The third-order valence-corrected chi connectivity index (χ3v) is 4.58. The molecule has 1 aliphatic rings. The van der Waals surface area contributed by atoms with Crippen molar-refractivity contribution in [2.75, 3.05) is 39.3 Å². The lowest BCUT2D eigenvalue weighted by Gasteiger charge is -2.34. The Kier molecular flexibility index (Phi) is 5.68. The first-order valence-electron chi connectivity index (χ1n) is 8.99. The van der Waals surface area contributed by atoms with Crippen molar-refractivity contribution in [3.8, 4) is 0 Å². The number of aromatic nitrogens is 1. The van der Waals surface area contributed by atoms with E-state index >= 15 is 0 Å². The van der Waals surface area contributed by atoms with Crippen LogP contribution in [0, 0.1) is 0 Å². The number of H-pyrrole nitrogens is 1. The number of hydrogen-bond acceptors (Lipinski definition) is 4. The predicted molar refractivity (Wildman–Crippen MR) is 100 cm³/mol. The maximum absolute atomic E-state index is 12.9. The van der Waals surface area contributed by atoms with E-state index in [0.29, 0.717) is 50.3 Å². The minimum absolute atomic E-state index is 0.0206. The van der Waals surface area contributed by atoms with E-state index < -0.39 is 0 Å². The third kappa shape index (κ3) is 4.11. The molecule has 0 spiro atoms. The zero-order chi connectivity index (χ0) is 18.5. The summed E-state index contributed by atoms with van der Waals surface area (Å²) in [6.45, 7) is 5.44. The number of amides is 2. The third-order valence-electron chi connectivity index (χ3n) is 4.58. The van der Waals surface area contributed by atoms with Crippen LogP contribution in [0.4, 0.5) is 0 Å². The fourth-order valence-electron chi connectivity index (χ4n) is 3.18. The maximum Gasteiger partial charge on any atom is 0.254 e. The molecule has 26 heavy (non-hydrogen) atoms. The van der Waals surface area contributed by atoms with Gasteiger partial charge in [0.25, 0.3) is 5.91 Å². The highest BCUT2D eigenvalue weighted by molar-refractivity contribution is 6.06. The molecule has 0 saturated carbocycles. The number of hydrogen-bond donors (Lipinski definition) is 2. The van der Waals surface area contributed by atoms with Gasteiger partial charge >= 0.3 is 0 Å². The highest BCUT2D eigenvalue weighted by Crippen LogP contribution is 2.17. The molecule has 1 saturated heterocycles. The molecule has 2 N–H and O–H groups in total. The molecule has 1 aromatic carbocycles. The lowest BCUT2D eigenvalue weighted by Crippen LogP contribution is -2.51. The minimum atomic E-state index is -0.279. The van der Waals surface area contributed by atoms with Gasteiger partial charge in [-0.1, -0.05) is 25.1 Å².